The van der Waals surface area contributed by atoms with Crippen LogP contribution in [0.25, 0.3) is 0 Å². The van der Waals surface area contributed by atoms with Gasteiger partial charge >= 0.3 is 6.18 Å². The molecule has 3 rings (SSSR count). The number of benzene rings is 3. The van der Waals surface area contributed by atoms with E-state index in [2.05, 4.69) is 0 Å². The molecule has 0 aliphatic rings. The molecule has 0 saturated heterocycles. The van der Waals surface area contributed by atoms with Crippen molar-refractivity contribution in [2.75, 3.05) is 20.2 Å². The smallest absolute Gasteiger partial charge is 0.449 e. The molecule has 0 N–H and O–H groups in total. The molecule has 34 heavy (non-hydrogen) atoms. The molecule has 8 heteroatoms. The molecule has 0 unspecified atom stereocenters. The third-order valence-corrected chi connectivity index (χ3v) is 5.41. The van der Waals surface area contributed by atoms with Crippen LogP contribution in [0.4, 0.5) is 22.0 Å². The molecule has 180 valence electrons. The SMILES string of the molecule is CN(CCOc1ccc(CCC(=O)C(F)(F)F)cc1)C(c1ccc(F)cc1)c1ccc(F)cc1. The number of hydrogen-bond acceptors (Lipinski definition) is 3. The Morgan fingerprint density at radius 3 is 1.82 bits per heavy atom. The normalized spacial score (nSPS) is 11.8. The molecule has 0 radical (unpaired) electrons. The van der Waals surface area contributed by atoms with Gasteiger partial charge in [-0.05, 0) is 66.6 Å². The Labute approximate surface area is 194 Å². The van der Waals surface area contributed by atoms with Crippen LogP contribution in [0.1, 0.15) is 29.2 Å². The van der Waals surface area contributed by atoms with E-state index in [9.17, 15) is 26.7 Å². The highest BCUT2D eigenvalue weighted by atomic mass is 19.4. The molecule has 3 aromatic carbocycles. The van der Waals surface area contributed by atoms with E-state index in [1.807, 2.05) is 11.9 Å². The summed E-state index contributed by atoms with van der Waals surface area (Å²) in [4.78, 5) is 13.0. The summed E-state index contributed by atoms with van der Waals surface area (Å²) >= 11 is 0. The van der Waals surface area contributed by atoms with Crippen LogP contribution in [0.5, 0.6) is 5.75 Å². The minimum absolute atomic E-state index is 0.00161. The molecule has 0 fully saturated rings. The number of likely N-dealkylation sites (N-methyl/N-ethyl adjacent to an activating group) is 1. The summed E-state index contributed by atoms with van der Waals surface area (Å²) < 4.78 is 69.6. The van der Waals surface area contributed by atoms with E-state index in [0.717, 1.165) is 11.1 Å². The Morgan fingerprint density at radius 1 is 0.853 bits per heavy atom. The lowest BCUT2D eigenvalue weighted by Crippen LogP contribution is -2.29. The minimum Gasteiger partial charge on any atom is -0.492 e. The molecule has 0 atom stereocenters. The van der Waals surface area contributed by atoms with Crippen molar-refractivity contribution in [1.29, 1.82) is 0 Å². The molecule has 0 heterocycles. The Bertz CT molecular complexity index is 1020. The van der Waals surface area contributed by atoms with Crippen LogP contribution in [0.15, 0.2) is 72.8 Å². The number of hydrogen-bond donors (Lipinski definition) is 0. The first-order valence-corrected chi connectivity index (χ1v) is 10.7. The summed E-state index contributed by atoms with van der Waals surface area (Å²) in [5.74, 6) is -1.90. The maximum absolute atomic E-state index is 13.4. The number of ketones is 1. The van der Waals surface area contributed by atoms with E-state index in [1.54, 1.807) is 48.5 Å². The van der Waals surface area contributed by atoms with E-state index in [1.165, 1.54) is 24.3 Å². The summed E-state index contributed by atoms with van der Waals surface area (Å²) in [5, 5.41) is 0. The van der Waals surface area contributed by atoms with Gasteiger partial charge in [-0.15, -0.1) is 0 Å². The van der Waals surface area contributed by atoms with Crippen LogP contribution in [0.2, 0.25) is 0 Å². The molecule has 0 aliphatic carbocycles. The van der Waals surface area contributed by atoms with Gasteiger partial charge in [0, 0.05) is 13.0 Å². The number of aryl methyl sites for hydroxylation is 1. The predicted octanol–water partition coefficient (Wildman–Crippen LogP) is 6.13. The monoisotopic (exact) mass is 477 g/mol. The van der Waals surface area contributed by atoms with Gasteiger partial charge in [-0.2, -0.15) is 13.2 Å². The van der Waals surface area contributed by atoms with Crippen molar-refractivity contribution in [3.05, 3.63) is 101 Å². The van der Waals surface area contributed by atoms with E-state index < -0.39 is 18.4 Å². The second-order valence-electron chi connectivity index (χ2n) is 7.90. The number of alkyl halides is 3. The van der Waals surface area contributed by atoms with Gasteiger partial charge in [0.05, 0.1) is 6.04 Å². The number of rotatable bonds is 10. The topological polar surface area (TPSA) is 29.5 Å². The Hall–Kier alpha value is -3.26. The van der Waals surface area contributed by atoms with Gasteiger partial charge < -0.3 is 4.74 Å². The second-order valence-corrected chi connectivity index (χ2v) is 7.90. The summed E-state index contributed by atoms with van der Waals surface area (Å²) in [6.45, 7) is 0.794. The maximum atomic E-state index is 13.4. The average Bonchev–Trinajstić information content (AvgIpc) is 2.80. The van der Waals surface area contributed by atoms with E-state index in [0.29, 0.717) is 24.5 Å². The lowest BCUT2D eigenvalue weighted by atomic mass is 9.97. The van der Waals surface area contributed by atoms with Crippen molar-refractivity contribution in [2.24, 2.45) is 0 Å². The van der Waals surface area contributed by atoms with Gasteiger partial charge in [-0.3, -0.25) is 9.69 Å². The third-order valence-electron chi connectivity index (χ3n) is 5.41. The zero-order chi connectivity index (χ0) is 24.7. The lowest BCUT2D eigenvalue weighted by Gasteiger charge is -2.29. The second kappa shape index (κ2) is 11.2. The molecule has 0 aromatic heterocycles. The Kier molecular flexibility index (Phi) is 8.39. The van der Waals surface area contributed by atoms with Crippen LogP contribution in [-0.2, 0) is 11.2 Å². The van der Waals surface area contributed by atoms with Crippen molar-refractivity contribution in [1.82, 2.24) is 4.90 Å². The first-order chi connectivity index (χ1) is 16.1. The van der Waals surface area contributed by atoms with Crippen LogP contribution in [-0.4, -0.2) is 37.1 Å². The standard InChI is InChI=1S/C26H24F5NO2/c1-32(25(19-5-9-21(27)10-6-19)20-7-11-22(28)12-8-20)16-17-34-23-13-2-18(3-14-23)4-15-24(33)26(29,30)31/h2-3,5-14,25H,4,15-17H2,1H3. The molecule has 0 aliphatic heterocycles. The molecule has 0 saturated carbocycles. The highest BCUT2D eigenvalue weighted by molar-refractivity contribution is 5.84. The first kappa shape index (κ1) is 25.4. The van der Waals surface area contributed by atoms with Crippen molar-refractivity contribution in [3.8, 4) is 5.75 Å². The Balaban J connectivity index is 1.59. The highest BCUT2D eigenvalue weighted by Gasteiger charge is 2.37. The zero-order valence-electron chi connectivity index (χ0n) is 18.5. The number of ether oxygens (including phenoxy) is 1. The van der Waals surface area contributed by atoms with E-state index in [-0.39, 0.29) is 24.1 Å². The molecule has 0 spiro atoms. The number of nitrogens with zero attached hydrogens (tertiary/aromatic N) is 1. The molecule has 0 amide bonds. The lowest BCUT2D eigenvalue weighted by molar-refractivity contribution is -0.171. The summed E-state index contributed by atoms with van der Waals surface area (Å²) in [5.41, 5.74) is 2.29. The molecular formula is C26H24F5NO2. The molecule has 0 bridgehead atoms. The Morgan fingerprint density at radius 2 is 1.35 bits per heavy atom. The summed E-state index contributed by atoms with van der Waals surface area (Å²) in [7, 11) is 1.88. The van der Waals surface area contributed by atoms with E-state index in [4.69, 9.17) is 4.74 Å². The van der Waals surface area contributed by atoms with Crippen LogP contribution < -0.4 is 4.74 Å². The number of halogens is 5. The summed E-state index contributed by atoms with van der Waals surface area (Å²) in [6.07, 6.45) is -5.41. The predicted molar refractivity (Wildman–Crippen MR) is 119 cm³/mol. The number of Topliss-reactive ketones (excluding diaryl/α,β-unsaturated/α-hetero) is 1. The van der Waals surface area contributed by atoms with Crippen molar-refractivity contribution < 1.29 is 31.5 Å². The van der Waals surface area contributed by atoms with E-state index >= 15 is 0 Å². The molecule has 3 aromatic rings. The fraction of sp³-hybridized carbons (Fsp3) is 0.269. The largest absolute Gasteiger partial charge is 0.492 e. The van der Waals surface area contributed by atoms with Gasteiger partial charge in [0.15, 0.2) is 0 Å². The van der Waals surface area contributed by atoms with Crippen LogP contribution in [0, 0.1) is 11.6 Å². The molecule has 3 nitrogen and oxygen atoms in total. The number of carbonyl (C=O) groups excluding carboxylic acids is 1. The quantitative estimate of drug-likeness (QED) is 0.329. The zero-order valence-corrected chi connectivity index (χ0v) is 18.5. The fourth-order valence-corrected chi connectivity index (χ4v) is 3.58. The van der Waals surface area contributed by atoms with Gasteiger partial charge in [-0.25, -0.2) is 8.78 Å². The molecular weight excluding hydrogens is 453 g/mol. The van der Waals surface area contributed by atoms with Crippen molar-refractivity contribution >= 4 is 5.78 Å². The van der Waals surface area contributed by atoms with Crippen LogP contribution >= 0.6 is 0 Å². The first-order valence-electron chi connectivity index (χ1n) is 10.7. The number of carbonyl (C=O) groups is 1. The summed E-state index contributed by atoms with van der Waals surface area (Å²) in [6, 6.07) is 18.5. The average molecular weight is 477 g/mol. The highest BCUT2D eigenvalue weighted by Crippen LogP contribution is 2.28. The third kappa shape index (κ3) is 7.12. The van der Waals surface area contributed by atoms with Gasteiger partial charge in [0.1, 0.15) is 24.0 Å². The van der Waals surface area contributed by atoms with Crippen molar-refractivity contribution in [2.45, 2.75) is 25.1 Å². The fourth-order valence-electron chi connectivity index (χ4n) is 3.58. The van der Waals surface area contributed by atoms with Crippen LogP contribution in [0.3, 0.4) is 0 Å². The maximum Gasteiger partial charge on any atom is 0.449 e. The van der Waals surface area contributed by atoms with Gasteiger partial charge in [0.2, 0.25) is 5.78 Å². The minimum atomic E-state index is -4.81. The van der Waals surface area contributed by atoms with Crippen molar-refractivity contribution in [3.63, 3.8) is 0 Å². The van der Waals surface area contributed by atoms with Gasteiger partial charge in [0.25, 0.3) is 0 Å². The van der Waals surface area contributed by atoms with Gasteiger partial charge in [-0.1, -0.05) is 36.4 Å².